The third-order valence-electron chi connectivity index (χ3n) is 1.96. The van der Waals surface area contributed by atoms with E-state index < -0.39 is 0 Å². The van der Waals surface area contributed by atoms with Gasteiger partial charge in [0.2, 0.25) is 5.91 Å². The highest BCUT2D eigenvalue weighted by Gasteiger charge is 2.19. The van der Waals surface area contributed by atoms with E-state index >= 15 is 0 Å². The van der Waals surface area contributed by atoms with Crippen molar-refractivity contribution < 1.29 is 4.79 Å². The van der Waals surface area contributed by atoms with E-state index in [1.807, 2.05) is 0 Å². The van der Waals surface area contributed by atoms with Gasteiger partial charge in [-0.15, -0.1) is 0 Å². The van der Waals surface area contributed by atoms with Crippen molar-refractivity contribution >= 4 is 5.91 Å². The average molecular weight is 172 g/mol. The predicted octanol–water partition coefficient (Wildman–Crippen LogP) is 0.982. The summed E-state index contributed by atoms with van der Waals surface area (Å²) < 4.78 is 0. The fourth-order valence-electron chi connectivity index (χ4n) is 1.21. The van der Waals surface area contributed by atoms with Crippen molar-refractivity contribution in [3.63, 3.8) is 0 Å². The van der Waals surface area contributed by atoms with Crippen molar-refractivity contribution in [1.82, 2.24) is 4.90 Å². The molecule has 3 nitrogen and oxygen atoms in total. The van der Waals surface area contributed by atoms with Gasteiger partial charge in [0, 0.05) is 18.5 Å². The van der Waals surface area contributed by atoms with E-state index in [0.29, 0.717) is 6.42 Å². The second-order valence-electron chi connectivity index (χ2n) is 3.97. The molecule has 0 atom stereocenters. The summed E-state index contributed by atoms with van der Waals surface area (Å²) in [6.45, 7) is 10.2. The van der Waals surface area contributed by atoms with Gasteiger partial charge in [-0.3, -0.25) is 9.69 Å². The monoisotopic (exact) mass is 172 g/mol. The van der Waals surface area contributed by atoms with Gasteiger partial charge in [-0.05, 0) is 27.3 Å². The Morgan fingerprint density at radius 3 is 2.17 bits per heavy atom. The van der Waals surface area contributed by atoms with Crippen molar-refractivity contribution in [2.45, 2.75) is 39.7 Å². The fourth-order valence-corrected chi connectivity index (χ4v) is 1.21. The van der Waals surface area contributed by atoms with Crippen LogP contribution in [0.2, 0.25) is 0 Å². The van der Waals surface area contributed by atoms with Gasteiger partial charge in [0.25, 0.3) is 0 Å². The number of hydrogen-bond donors (Lipinski definition) is 1. The quantitative estimate of drug-likeness (QED) is 0.687. The lowest BCUT2D eigenvalue weighted by molar-refractivity contribution is -0.118. The van der Waals surface area contributed by atoms with Crippen LogP contribution < -0.4 is 5.73 Å². The summed E-state index contributed by atoms with van der Waals surface area (Å²) in [5, 5.41) is 0. The van der Waals surface area contributed by atoms with Crippen molar-refractivity contribution in [1.29, 1.82) is 0 Å². The highest BCUT2D eigenvalue weighted by molar-refractivity contribution is 5.73. The molecule has 72 valence electrons. The largest absolute Gasteiger partial charge is 0.370 e. The normalized spacial score (nSPS) is 12.1. The van der Waals surface area contributed by atoms with Crippen LogP contribution in [-0.4, -0.2) is 29.4 Å². The number of rotatable bonds is 4. The van der Waals surface area contributed by atoms with E-state index in [1.54, 1.807) is 0 Å². The van der Waals surface area contributed by atoms with Crippen LogP contribution in [0.25, 0.3) is 0 Å². The Bertz CT molecular complexity index is 149. The van der Waals surface area contributed by atoms with Gasteiger partial charge in [0.1, 0.15) is 0 Å². The summed E-state index contributed by atoms with van der Waals surface area (Å²) in [7, 11) is 0. The summed E-state index contributed by atoms with van der Waals surface area (Å²) in [4.78, 5) is 12.8. The van der Waals surface area contributed by atoms with Crippen LogP contribution in [0.15, 0.2) is 0 Å². The van der Waals surface area contributed by atoms with Gasteiger partial charge in [0.15, 0.2) is 0 Å². The molecule has 0 rings (SSSR count). The van der Waals surface area contributed by atoms with Gasteiger partial charge in [0.05, 0.1) is 0 Å². The molecule has 0 heterocycles. The zero-order valence-electron chi connectivity index (χ0n) is 8.55. The molecular weight excluding hydrogens is 152 g/mol. The van der Waals surface area contributed by atoms with E-state index in [9.17, 15) is 4.79 Å². The zero-order valence-corrected chi connectivity index (χ0v) is 8.55. The third-order valence-corrected chi connectivity index (χ3v) is 1.96. The summed E-state index contributed by atoms with van der Waals surface area (Å²) in [6, 6.07) is 0. The smallest absolute Gasteiger partial charge is 0.218 e. The van der Waals surface area contributed by atoms with Crippen molar-refractivity contribution in [2.24, 2.45) is 5.73 Å². The van der Waals surface area contributed by atoms with Crippen molar-refractivity contribution in [2.75, 3.05) is 13.1 Å². The first kappa shape index (κ1) is 11.4. The van der Waals surface area contributed by atoms with Crippen LogP contribution in [0.5, 0.6) is 0 Å². The molecule has 0 spiro atoms. The molecule has 0 unspecified atom stereocenters. The van der Waals surface area contributed by atoms with Crippen LogP contribution >= 0.6 is 0 Å². The Balaban J connectivity index is 3.92. The highest BCUT2D eigenvalue weighted by Crippen LogP contribution is 2.12. The van der Waals surface area contributed by atoms with Crippen LogP contribution in [0.4, 0.5) is 0 Å². The second-order valence-corrected chi connectivity index (χ2v) is 3.97. The van der Waals surface area contributed by atoms with Crippen LogP contribution in [-0.2, 0) is 4.79 Å². The SMILES string of the molecule is CCN(CCC(N)=O)C(C)(C)C. The summed E-state index contributed by atoms with van der Waals surface area (Å²) >= 11 is 0. The van der Waals surface area contributed by atoms with Crippen LogP contribution in [0.3, 0.4) is 0 Å². The molecule has 0 aliphatic rings. The fraction of sp³-hybridized carbons (Fsp3) is 0.889. The predicted molar refractivity (Wildman–Crippen MR) is 50.8 cm³/mol. The molecule has 0 aromatic heterocycles. The van der Waals surface area contributed by atoms with E-state index in [4.69, 9.17) is 5.73 Å². The standard InChI is InChI=1S/C9H20N2O/c1-5-11(9(2,3)4)7-6-8(10)12/h5-7H2,1-4H3,(H2,10,12). The number of primary amides is 1. The minimum Gasteiger partial charge on any atom is -0.370 e. The maximum atomic E-state index is 10.5. The van der Waals surface area contributed by atoms with E-state index in [2.05, 4.69) is 32.6 Å². The topological polar surface area (TPSA) is 46.3 Å². The molecule has 0 bridgehead atoms. The number of carbonyl (C=O) groups excluding carboxylic acids is 1. The molecule has 0 radical (unpaired) electrons. The minimum atomic E-state index is -0.224. The lowest BCUT2D eigenvalue weighted by atomic mass is 10.1. The maximum Gasteiger partial charge on any atom is 0.218 e. The third kappa shape index (κ3) is 4.34. The number of nitrogens with two attached hydrogens (primary N) is 1. The molecule has 2 N–H and O–H groups in total. The second kappa shape index (κ2) is 4.45. The maximum absolute atomic E-state index is 10.5. The Hall–Kier alpha value is -0.570. The molecule has 1 amide bonds. The summed E-state index contributed by atoms with van der Waals surface area (Å²) in [5.74, 6) is -0.224. The summed E-state index contributed by atoms with van der Waals surface area (Å²) in [5.41, 5.74) is 5.20. The van der Waals surface area contributed by atoms with Crippen LogP contribution in [0.1, 0.15) is 34.1 Å². The molecule has 12 heavy (non-hydrogen) atoms. The molecule has 0 aliphatic heterocycles. The van der Waals surface area contributed by atoms with Crippen molar-refractivity contribution in [3.8, 4) is 0 Å². The van der Waals surface area contributed by atoms with Gasteiger partial charge in [-0.2, -0.15) is 0 Å². The van der Waals surface area contributed by atoms with Gasteiger partial charge >= 0.3 is 0 Å². The Morgan fingerprint density at radius 1 is 1.42 bits per heavy atom. The lowest BCUT2D eigenvalue weighted by Gasteiger charge is -2.34. The molecule has 0 aliphatic carbocycles. The Morgan fingerprint density at radius 2 is 1.92 bits per heavy atom. The van der Waals surface area contributed by atoms with Gasteiger partial charge in [-0.25, -0.2) is 0 Å². The number of hydrogen-bond acceptors (Lipinski definition) is 2. The van der Waals surface area contributed by atoms with E-state index in [1.165, 1.54) is 0 Å². The molecule has 0 fully saturated rings. The number of carbonyl (C=O) groups is 1. The lowest BCUT2D eigenvalue weighted by Crippen LogP contribution is -2.42. The average Bonchev–Trinajstić information content (AvgIpc) is 1.85. The molecule has 0 saturated carbocycles. The first-order chi connectivity index (χ1) is 5.38. The number of nitrogens with zero attached hydrogens (tertiary/aromatic N) is 1. The Labute approximate surface area is 74.9 Å². The van der Waals surface area contributed by atoms with E-state index in [-0.39, 0.29) is 11.4 Å². The first-order valence-corrected chi connectivity index (χ1v) is 4.41. The summed E-state index contributed by atoms with van der Waals surface area (Å²) in [6.07, 6.45) is 0.450. The van der Waals surface area contributed by atoms with Crippen molar-refractivity contribution in [3.05, 3.63) is 0 Å². The zero-order chi connectivity index (χ0) is 9.78. The van der Waals surface area contributed by atoms with Gasteiger partial charge in [-0.1, -0.05) is 6.92 Å². The number of amides is 1. The first-order valence-electron chi connectivity index (χ1n) is 4.41. The molecule has 3 heteroatoms. The highest BCUT2D eigenvalue weighted by atomic mass is 16.1. The van der Waals surface area contributed by atoms with Gasteiger partial charge < -0.3 is 5.73 Å². The van der Waals surface area contributed by atoms with Crippen LogP contribution in [0, 0.1) is 0 Å². The molecular formula is C9H20N2O. The minimum absolute atomic E-state index is 0.129. The molecule has 0 aromatic carbocycles. The molecule has 0 aromatic rings. The Kier molecular flexibility index (Phi) is 4.24. The van der Waals surface area contributed by atoms with E-state index in [0.717, 1.165) is 13.1 Å². The molecule has 0 saturated heterocycles.